The summed E-state index contributed by atoms with van der Waals surface area (Å²) in [7, 11) is 0. The molecule has 0 aliphatic heterocycles. The highest BCUT2D eigenvalue weighted by Gasteiger charge is 2.33. The van der Waals surface area contributed by atoms with E-state index in [1.54, 1.807) is 11.3 Å². The van der Waals surface area contributed by atoms with E-state index in [4.69, 9.17) is 4.74 Å². The number of benzene rings is 1. The molecule has 0 spiro atoms. The normalized spacial score (nSPS) is 12.3. The molecular formula is C24H34O3S. The summed E-state index contributed by atoms with van der Waals surface area (Å²) in [6.07, 6.45) is 1.97. The van der Waals surface area contributed by atoms with Gasteiger partial charge < -0.3 is 9.84 Å². The highest BCUT2D eigenvalue weighted by atomic mass is 32.1. The molecule has 0 bridgehead atoms. The molecule has 1 heterocycles. The molecule has 0 radical (unpaired) electrons. The monoisotopic (exact) mass is 402 g/mol. The van der Waals surface area contributed by atoms with Crippen LogP contribution in [0.2, 0.25) is 0 Å². The van der Waals surface area contributed by atoms with E-state index in [0.29, 0.717) is 0 Å². The van der Waals surface area contributed by atoms with Crippen LogP contribution in [0.25, 0.3) is 0 Å². The first-order chi connectivity index (χ1) is 13.1. The summed E-state index contributed by atoms with van der Waals surface area (Å²) < 4.78 is 5.83. The van der Waals surface area contributed by atoms with Crippen LogP contribution in [-0.4, -0.2) is 17.5 Å². The van der Waals surface area contributed by atoms with E-state index in [0.717, 1.165) is 34.6 Å². The first-order valence-electron chi connectivity index (χ1n) is 10.1. The molecular weight excluding hydrogens is 368 g/mol. The summed E-state index contributed by atoms with van der Waals surface area (Å²) >= 11 is 1.71. The maximum atomic E-state index is 12.2. The van der Waals surface area contributed by atoms with Gasteiger partial charge in [0.1, 0.15) is 12.4 Å². The van der Waals surface area contributed by atoms with Gasteiger partial charge in [-0.15, -0.1) is 11.3 Å². The highest BCUT2D eigenvalue weighted by molar-refractivity contribution is 7.12. The second-order valence-corrected chi connectivity index (χ2v) is 9.74. The number of Topliss-reactive ketones (excluding diaryl/α,β-unsaturated/α-hetero) is 1. The summed E-state index contributed by atoms with van der Waals surface area (Å²) in [6, 6.07) is 8.54. The molecule has 1 aromatic heterocycles. The van der Waals surface area contributed by atoms with E-state index in [1.165, 1.54) is 10.4 Å². The van der Waals surface area contributed by atoms with Crippen LogP contribution in [0.5, 0.6) is 5.75 Å². The summed E-state index contributed by atoms with van der Waals surface area (Å²) in [5.41, 5.74) is 2.99. The summed E-state index contributed by atoms with van der Waals surface area (Å²) in [5.74, 6) is 0.860. The summed E-state index contributed by atoms with van der Waals surface area (Å²) in [5, 5.41) is 9.62. The molecule has 0 fully saturated rings. The Morgan fingerprint density at radius 3 is 2.18 bits per heavy atom. The van der Waals surface area contributed by atoms with Crippen molar-refractivity contribution < 1.29 is 14.6 Å². The van der Waals surface area contributed by atoms with Crippen molar-refractivity contribution in [2.45, 2.75) is 73.3 Å². The summed E-state index contributed by atoms with van der Waals surface area (Å²) in [6.45, 7) is 14.5. The molecule has 0 amide bonds. The number of aliphatic hydroxyl groups excluding tert-OH is 1. The van der Waals surface area contributed by atoms with Crippen molar-refractivity contribution in [1.29, 1.82) is 0 Å². The van der Waals surface area contributed by atoms with Crippen LogP contribution in [0, 0.1) is 19.3 Å². The van der Waals surface area contributed by atoms with Crippen molar-refractivity contribution in [2.24, 2.45) is 5.41 Å². The van der Waals surface area contributed by atoms with Crippen molar-refractivity contribution >= 4 is 17.1 Å². The Kier molecular flexibility index (Phi) is 7.11. The molecule has 2 rings (SSSR count). The van der Waals surface area contributed by atoms with Crippen LogP contribution in [-0.2, 0) is 16.8 Å². The lowest BCUT2D eigenvalue weighted by Gasteiger charge is -2.32. The average Bonchev–Trinajstić information content (AvgIpc) is 3.02. The van der Waals surface area contributed by atoms with Gasteiger partial charge in [0.2, 0.25) is 0 Å². The minimum atomic E-state index is -0.394. The molecule has 4 heteroatoms. The van der Waals surface area contributed by atoms with Crippen molar-refractivity contribution in [2.75, 3.05) is 6.61 Å². The van der Waals surface area contributed by atoms with E-state index in [2.05, 4.69) is 39.0 Å². The SMILES string of the molecule is CCC(CC)(c1ccc(OCC(=O)C(C)(C)C)c(C)c1)c1cc(C)c(CO)s1. The molecule has 154 valence electrons. The molecule has 1 aromatic carbocycles. The van der Waals surface area contributed by atoms with Gasteiger partial charge in [-0.05, 0) is 55.5 Å². The van der Waals surface area contributed by atoms with Gasteiger partial charge in [-0.25, -0.2) is 0 Å². The van der Waals surface area contributed by atoms with Crippen molar-refractivity contribution in [3.05, 3.63) is 50.7 Å². The lowest BCUT2D eigenvalue weighted by atomic mass is 9.74. The number of carbonyl (C=O) groups is 1. The molecule has 0 atom stereocenters. The van der Waals surface area contributed by atoms with Gasteiger partial charge >= 0.3 is 0 Å². The Morgan fingerprint density at radius 1 is 1.07 bits per heavy atom. The number of hydrogen-bond acceptors (Lipinski definition) is 4. The van der Waals surface area contributed by atoms with Crippen LogP contribution in [0.1, 0.15) is 73.9 Å². The van der Waals surface area contributed by atoms with E-state index in [1.807, 2.05) is 33.8 Å². The van der Waals surface area contributed by atoms with E-state index >= 15 is 0 Å². The molecule has 28 heavy (non-hydrogen) atoms. The van der Waals surface area contributed by atoms with Gasteiger partial charge in [0.05, 0.1) is 6.61 Å². The molecule has 2 aromatic rings. The number of rotatable bonds is 8. The maximum absolute atomic E-state index is 12.2. The minimum absolute atomic E-state index is 0.0760. The average molecular weight is 403 g/mol. The topological polar surface area (TPSA) is 46.5 Å². The second kappa shape index (κ2) is 8.79. The fraction of sp³-hybridized carbons (Fsp3) is 0.542. The number of thiophene rings is 1. The first-order valence-corrected chi connectivity index (χ1v) is 10.9. The summed E-state index contributed by atoms with van der Waals surface area (Å²) in [4.78, 5) is 14.5. The van der Waals surface area contributed by atoms with Crippen LogP contribution >= 0.6 is 11.3 Å². The number of carbonyl (C=O) groups excluding carboxylic acids is 1. The van der Waals surface area contributed by atoms with Crippen molar-refractivity contribution in [1.82, 2.24) is 0 Å². The predicted molar refractivity (Wildman–Crippen MR) is 117 cm³/mol. The van der Waals surface area contributed by atoms with E-state index < -0.39 is 5.41 Å². The largest absolute Gasteiger partial charge is 0.486 e. The molecule has 0 unspecified atom stereocenters. The van der Waals surface area contributed by atoms with Crippen LogP contribution in [0.3, 0.4) is 0 Å². The number of aliphatic hydroxyl groups is 1. The Morgan fingerprint density at radius 2 is 1.71 bits per heavy atom. The van der Waals surface area contributed by atoms with Gasteiger partial charge in [0.15, 0.2) is 5.78 Å². The van der Waals surface area contributed by atoms with Crippen molar-refractivity contribution in [3.8, 4) is 5.75 Å². The van der Waals surface area contributed by atoms with Gasteiger partial charge in [-0.2, -0.15) is 0 Å². The van der Waals surface area contributed by atoms with Gasteiger partial charge in [0.25, 0.3) is 0 Å². The van der Waals surface area contributed by atoms with E-state index in [9.17, 15) is 9.90 Å². The fourth-order valence-corrected chi connectivity index (χ4v) is 4.92. The lowest BCUT2D eigenvalue weighted by molar-refractivity contribution is -0.128. The van der Waals surface area contributed by atoms with Crippen LogP contribution in [0.4, 0.5) is 0 Å². The van der Waals surface area contributed by atoms with Crippen molar-refractivity contribution in [3.63, 3.8) is 0 Å². The number of hydrogen-bond donors (Lipinski definition) is 1. The third-order valence-electron chi connectivity index (χ3n) is 5.77. The Bertz CT molecular complexity index is 823. The van der Waals surface area contributed by atoms with Gasteiger partial charge in [-0.1, -0.05) is 46.8 Å². The molecule has 0 aliphatic carbocycles. The quantitative estimate of drug-likeness (QED) is 0.593. The first kappa shape index (κ1) is 22.6. The number of ether oxygens (including phenoxy) is 1. The molecule has 0 saturated carbocycles. The third-order valence-corrected chi connectivity index (χ3v) is 7.19. The lowest BCUT2D eigenvalue weighted by Crippen LogP contribution is -2.27. The zero-order chi connectivity index (χ0) is 21.1. The fourth-order valence-electron chi connectivity index (χ4n) is 3.53. The third kappa shape index (κ3) is 4.49. The standard InChI is InChI=1S/C24H34O3S/c1-8-24(9-2,22-13-17(4)20(14-25)28-22)18-10-11-19(16(3)12-18)27-15-21(26)23(5,6)7/h10-13,25H,8-9,14-15H2,1-7H3. The zero-order valence-electron chi connectivity index (χ0n) is 18.3. The second-order valence-electron chi connectivity index (χ2n) is 8.61. The minimum Gasteiger partial charge on any atom is -0.486 e. The molecule has 1 N–H and O–H groups in total. The number of aryl methyl sites for hydroxylation is 2. The van der Waals surface area contributed by atoms with Gasteiger partial charge in [0, 0.05) is 20.6 Å². The smallest absolute Gasteiger partial charge is 0.175 e. The maximum Gasteiger partial charge on any atom is 0.175 e. The Labute approximate surface area is 173 Å². The highest BCUT2D eigenvalue weighted by Crippen LogP contribution is 2.44. The predicted octanol–water partition coefficient (Wildman–Crippen LogP) is 5.96. The molecule has 3 nitrogen and oxygen atoms in total. The Balaban J connectivity index is 2.36. The number of ketones is 1. The van der Waals surface area contributed by atoms with Crippen LogP contribution in [0.15, 0.2) is 24.3 Å². The van der Waals surface area contributed by atoms with Gasteiger partial charge in [-0.3, -0.25) is 4.79 Å². The van der Waals surface area contributed by atoms with E-state index in [-0.39, 0.29) is 24.4 Å². The Hall–Kier alpha value is -1.65. The molecule has 0 saturated heterocycles. The van der Waals surface area contributed by atoms with Crippen LogP contribution < -0.4 is 4.74 Å². The molecule has 0 aliphatic rings. The zero-order valence-corrected chi connectivity index (χ0v) is 19.1.